The number of ether oxygens (including phenoxy) is 1. The molecule has 4 rings (SSSR count). The van der Waals surface area contributed by atoms with E-state index in [1.807, 2.05) is 0 Å². The van der Waals surface area contributed by atoms with Crippen molar-refractivity contribution in [3.8, 4) is 28.4 Å². The molecule has 0 aliphatic carbocycles. The fourth-order valence-corrected chi connectivity index (χ4v) is 3.27. The highest BCUT2D eigenvalue weighted by Gasteiger charge is 2.16. The summed E-state index contributed by atoms with van der Waals surface area (Å²) in [4.78, 5) is 15.0. The Morgan fingerprint density at radius 1 is 1.03 bits per heavy atom. The minimum atomic E-state index is -0.587. The summed E-state index contributed by atoms with van der Waals surface area (Å²) >= 11 is 12.7. The molecule has 0 spiro atoms. The maximum atomic E-state index is 13.9. The molecule has 0 aliphatic heterocycles. The Labute approximate surface area is 180 Å². The number of halogens is 4. The summed E-state index contributed by atoms with van der Waals surface area (Å²) in [5.74, 6) is -0.139. The van der Waals surface area contributed by atoms with Gasteiger partial charge in [-0.3, -0.25) is 4.98 Å². The lowest BCUT2D eigenvalue weighted by Gasteiger charge is -2.09. The van der Waals surface area contributed by atoms with Crippen LogP contribution in [0.1, 0.15) is 11.3 Å². The van der Waals surface area contributed by atoms with E-state index in [1.54, 1.807) is 31.3 Å². The second-order valence-electron chi connectivity index (χ2n) is 6.49. The zero-order chi connectivity index (χ0) is 21.3. The van der Waals surface area contributed by atoms with Gasteiger partial charge in [0.05, 0.1) is 5.02 Å². The van der Waals surface area contributed by atoms with Gasteiger partial charge in [-0.05, 0) is 48.9 Å². The molecule has 5 nitrogen and oxygen atoms in total. The molecule has 0 fully saturated rings. The quantitative estimate of drug-likeness (QED) is 0.381. The van der Waals surface area contributed by atoms with Gasteiger partial charge >= 0.3 is 0 Å². The molecule has 30 heavy (non-hydrogen) atoms. The molecule has 0 unspecified atom stereocenters. The van der Waals surface area contributed by atoms with Crippen molar-refractivity contribution in [2.45, 2.75) is 13.5 Å². The molecule has 0 radical (unpaired) electrons. The van der Waals surface area contributed by atoms with Crippen LogP contribution in [-0.4, -0.2) is 19.9 Å². The highest BCUT2D eigenvalue weighted by atomic mass is 35.5. The van der Waals surface area contributed by atoms with Gasteiger partial charge in [0.2, 0.25) is 5.95 Å². The van der Waals surface area contributed by atoms with Crippen molar-refractivity contribution >= 4 is 23.2 Å². The van der Waals surface area contributed by atoms with Crippen molar-refractivity contribution in [1.82, 2.24) is 19.9 Å². The highest BCUT2D eigenvalue weighted by Crippen LogP contribution is 2.35. The third-order valence-electron chi connectivity index (χ3n) is 4.29. The van der Waals surface area contributed by atoms with Crippen molar-refractivity contribution in [3.05, 3.63) is 82.0 Å². The van der Waals surface area contributed by atoms with Crippen LogP contribution in [-0.2, 0) is 6.61 Å². The first-order valence-corrected chi connectivity index (χ1v) is 9.57. The molecule has 0 bridgehead atoms. The number of nitrogens with one attached hydrogen (secondary N) is 1. The third-order valence-corrected chi connectivity index (χ3v) is 4.87. The topological polar surface area (TPSA) is 63.7 Å². The summed E-state index contributed by atoms with van der Waals surface area (Å²) in [7, 11) is 0. The smallest absolute Gasteiger partial charge is 0.212 e. The van der Waals surface area contributed by atoms with Crippen molar-refractivity contribution < 1.29 is 13.5 Å². The average molecular weight is 447 g/mol. The Bertz CT molecular complexity index is 1210. The van der Waals surface area contributed by atoms with Gasteiger partial charge in [-0.15, -0.1) is 0 Å². The Balaban J connectivity index is 1.55. The number of aromatic amines is 1. The van der Waals surface area contributed by atoms with E-state index < -0.39 is 11.8 Å². The fourth-order valence-electron chi connectivity index (χ4n) is 2.78. The molecule has 0 atom stereocenters. The number of H-pyrrole nitrogens is 1. The van der Waals surface area contributed by atoms with Crippen molar-refractivity contribution in [1.29, 1.82) is 0 Å². The van der Waals surface area contributed by atoms with Gasteiger partial charge in [0.25, 0.3) is 0 Å². The minimum absolute atomic E-state index is 0.0351. The number of hydrogen-bond acceptors (Lipinski definition) is 4. The molecule has 152 valence electrons. The molecule has 0 amide bonds. The lowest BCUT2D eigenvalue weighted by molar-refractivity contribution is 0.294. The SMILES string of the molecule is Cc1cnc(COc2ccc(-c3nc(-c4ccc(F)nc4)[nH]c3Cl)c(Cl)c2)c(F)c1. The van der Waals surface area contributed by atoms with Crippen LogP contribution in [0.5, 0.6) is 5.75 Å². The summed E-state index contributed by atoms with van der Waals surface area (Å²) in [6.45, 7) is 1.73. The molecule has 3 aromatic heterocycles. The number of aryl methyl sites for hydroxylation is 1. The minimum Gasteiger partial charge on any atom is -0.487 e. The van der Waals surface area contributed by atoms with E-state index >= 15 is 0 Å². The highest BCUT2D eigenvalue weighted by molar-refractivity contribution is 6.35. The van der Waals surface area contributed by atoms with E-state index in [1.165, 1.54) is 24.4 Å². The fraction of sp³-hybridized carbons (Fsp3) is 0.0952. The molecule has 0 saturated carbocycles. The van der Waals surface area contributed by atoms with Gasteiger partial charge in [0, 0.05) is 23.5 Å². The molecular weight excluding hydrogens is 433 g/mol. The van der Waals surface area contributed by atoms with Crippen LogP contribution in [0.3, 0.4) is 0 Å². The second kappa shape index (κ2) is 8.38. The van der Waals surface area contributed by atoms with Crippen LogP contribution in [0.2, 0.25) is 10.2 Å². The van der Waals surface area contributed by atoms with Crippen LogP contribution < -0.4 is 4.74 Å². The predicted octanol–water partition coefficient (Wildman–Crippen LogP) is 6.01. The largest absolute Gasteiger partial charge is 0.487 e. The number of aromatic nitrogens is 4. The Hall–Kier alpha value is -3.03. The molecule has 0 aliphatic rings. The molecule has 3 heterocycles. The van der Waals surface area contributed by atoms with Gasteiger partial charge in [-0.2, -0.15) is 4.39 Å². The first-order chi connectivity index (χ1) is 14.4. The van der Waals surface area contributed by atoms with Crippen molar-refractivity contribution in [2.24, 2.45) is 0 Å². The Kier molecular flexibility index (Phi) is 5.65. The zero-order valence-electron chi connectivity index (χ0n) is 15.6. The van der Waals surface area contributed by atoms with Gasteiger partial charge in [0.1, 0.15) is 40.5 Å². The summed E-state index contributed by atoms with van der Waals surface area (Å²) < 4.78 is 32.5. The van der Waals surface area contributed by atoms with E-state index in [0.29, 0.717) is 33.4 Å². The van der Waals surface area contributed by atoms with E-state index in [2.05, 4.69) is 19.9 Å². The lowest BCUT2D eigenvalue weighted by Crippen LogP contribution is -2.02. The maximum absolute atomic E-state index is 13.9. The molecule has 0 saturated heterocycles. The van der Waals surface area contributed by atoms with Crippen LogP contribution in [0.25, 0.3) is 22.6 Å². The number of pyridine rings is 2. The zero-order valence-corrected chi connectivity index (χ0v) is 17.1. The predicted molar refractivity (Wildman–Crippen MR) is 110 cm³/mol. The third kappa shape index (κ3) is 4.27. The van der Waals surface area contributed by atoms with Crippen LogP contribution in [0.4, 0.5) is 8.78 Å². The van der Waals surface area contributed by atoms with Gasteiger partial charge in [-0.1, -0.05) is 23.2 Å². The number of benzene rings is 1. The molecule has 4 aromatic rings. The van der Waals surface area contributed by atoms with Crippen LogP contribution in [0, 0.1) is 18.7 Å². The van der Waals surface area contributed by atoms with Crippen LogP contribution in [0.15, 0.2) is 48.8 Å². The van der Waals surface area contributed by atoms with Gasteiger partial charge < -0.3 is 9.72 Å². The normalized spacial score (nSPS) is 11.0. The summed E-state index contributed by atoms with van der Waals surface area (Å²) in [5.41, 5.74) is 2.52. The van der Waals surface area contributed by atoms with E-state index in [0.717, 1.165) is 5.56 Å². The summed E-state index contributed by atoms with van der Waals surface area (Å²) in [5, 5.41) is 0.623. The number of hydrogen-bond donors (Lipinski definition) is 1. The molecular formula is C21H14Cl2F2N4O. The Morgan fingerprint density at radius 2 is 1.87 bits per heavy atom. The molecule has 9 heteroatoms. The van der Waals surface area contributed by atoms with Crippen molar-refractivity contribution in [2.75, 3.05) is 0 Å². The first-order valence-electron chi connectivity index (χ1n) is 8.82. The lowest BCUT2D eigenvalue weighted by atomic mass is 10.1. The standard InChI is InChI=1S/C21H14Cl2F2N4O/c1-11-6-16(24)17(26-8-11)10-30-13-3-4-14(15(22)7-13)19-20(23)29-21(28-19)12-2-5-18(25)27-9-12/h2-9H,10H2,1H3,(H,28,29). The second-order valence-corrected chi connectivity index (χ2v) is 7.27. The number of rotatable bonds is 5. The van der Waals surface area contributed by atoms with Gasteiger partial charge in [0.15, 0.2) is 0 Å². The van der Waals surface area contributed by atoms with Crippen molar-refractivity contribution in [3.63, 3.8) is 0 Å². The summed E-state index contributed by atoms with van der Waals surface area (Å²) in [6, 6.07) is 9.14. The summed E-state index contributed by atoms with van der Waals surface area (Å²) in [6.07, 6.45) is 2.93. The van der Waals surface area contributed by atoms with E-state index in [-0.39, 0.29) is 17.5 Å². The Morgan fingerprint density at radius 3 is 2.57 bits per heavy atom. The first kappa shape index (κ1) is 20.3. The van der Waals surface area contributed by atoms with E-state index in [4.69, 9.17) is 27.9 Å². The maximum Gasteiger partial charge on any atom is 0.212 e. The monoisotopic (exact) mass is 446 g/mol. The van der Waals surface area contributed by atoms with Gasteiger partial charge in [-0.25, -0.2) is 14.4 Å². The molecule has 1 aromatic carbocycles. The molecule has 1 N–H and O–H groups in total. The number of nitrogens with zero attached hydrogens (tertiary/aromatic N) is 3. The van der Waals surface area contributed by atoms with Crippen LogP contribution >= 0.6 is 23.2 Å². The number of imidazole rings is 1. The van der Waals surface area contributed by atoms with E-state index in [9.17, 15) is 8.78 Å². The average Bonchev–Trinajstić information content (AvgIpc) is 3.09.